The molecule has 0 saturated carbocycles. The highest BCUT2D eigenvalue weighted by molar-refractivity contribution is 6.06. The van der Waals surface area contributed by atoms with Crippen LogP contribution in [0.15, 0.2) is 72.8 Å². The Balaban J connectivity index is 1.72. The molecule has 0 radical (unpaired) electrons. The van der Waals surface area contributed by atoms with Gasteiger partial charge in [-0.3, -0.25) is 14.4 Å². The zero-order valence-electron chi connectivity index (χ0n) is 24.0. The van der Waals surface area contributed by atoms with Gasteiger partial charge in [0.05, 0.1) is 5.54 Å². The topological polar surface area (TPSA) is 87.3 Å². The number of amides is 3. The van der Waals surface area contributed by atoms with Crippen LogP contribution in [0.5, 0.6) is 0 Å². The van der Waals surface area contributed by atoms with E-state index in [9.17, 15) is 14.4 Å². The second-order valence-electron chi connectivity index (χ2n) is 10.7. The van der Waals surface area contributed by atoms with Gasteiger partial charge in [0.25, 0.3) is 11.8 Å². The molecule has 0 bridgehead atoms. The molecule has 3 aromatic carbocycles. The molecule has 3 N–H and O–H groups in total. The van der Waals surface area contributed by atoms with Crippen molar-refractivity contribution < 1.29 is 14.4 Å². The summed E-state index contributed by atoms with van der Waals surface area (Å²) in [5.74, 6) is -0.501. The molecule has 6 nitrogen and oxygen atoms in total. The van der Waals surface area contributed by atoms with Crippen molar-refractivity contribution in [3.63, 3.8) is 0 Å². The SMILES string of the molecule is CCCC(CC)(NC(C)=O)c1ccc(-c2ccc(NC(=O)c3cccc(C(=O)NC(C)(C)CC)c3)cc2)cc1. The number of nitrogens with one attached hydrogen (secondary N) is 3. The summed E-state index contributed by atoms with van der Waals surface area (Å²) in [7, 11) is 0. The molecule has 0 spiro atoms. The van der Waals surface area contributed by atoms with Crippen molar-refractivity contribution in [2.24, 2.45) is 0 Å². The molecule has 0 heterocycles. The summed E-state index contributed by atoms with van der Waals surface area (Å²) >= 11 is 0. The zero-order chi connectivity index (χ0) is 28.6. The van der Waals surface area contributed by atoms with Crippen LogP contribution in [0.3, 0.4) is 0 Å². The van der Waals surface area contributed by atoms with E-state index in [1.165, 1.54) is 0 Å². The lowest BCUT2D eigenvalue weighted by atomic mass is 9.82. The van der Waals surface area contributed by atoms with E-state index in [2.05, 4.69) is 54.1 Å². The first-order chi connectivity index (χ1) is 18.5. The third kappa shape index (κ3) is 7.56. The van der Waals surface area contributed by atoms with Gasteiger partial charge < -0.3 is 16.0 Å². The van der Waals surface area contributed by atoms with E-state index in [0.717, 1.165) is 42.4 Å². The summed E-state index contributed by atoms with van der Waals surface area (Å²) < 4.78 is 0. The van der Waals surface area contributed by atoms with Crippen LogP contribution >= 0.6 is 0 Å². The predicted octanol–water partition coefficient (Wildman–Crippen LogP) is 7.07. The van der Waals surface area contributed by atoms with Crippen LogP contribution in [0.25, 0.3) is 11.1 Å². The van der Waals surface area contributed by atoms with E-state index in [0.29, 0.717) is 16.8 Å². The van der Waals surface area contributed by atoms with Crippen molar-refractivity contribution in [2.75, 3.05) is 5.32 Å². The van der Waals surface area contributed by atoms with Gasteiger partial charge >= 0.3 is 0 Å². The summed E-state index contributed by atoms with van der Waals surface area (Å²) in [5.41, 5.74) is 4.03. The number of hydrogen-bond acceptors (Lipinski definition) is 3. The lowest BCUT2D eigenvalue weighted by Crippen LogP contribution is -2.44. The maximum Gasteiger partial charge on any atom is 0.255 e. The predicted molar refractivity (Wildman–Crippen MR) is 159 cm³/mol. The Morgan fingerprint density at radius 2 is 1.28 bits per heavy atom. The molecule has 1 atom stereocenters. The molecule has 0 aliphatic rings. The lowest BCUT2D eigenvalue weighted by Gasteiger charge is -2.34. The number of anilines is 1. The van der Waals surface area contributed by atoms with Gasteiger partial charge in [0.15, 0.2) is 0 Å². The number of rotatable bonds is 11. The first-order valence-corrected chi connectivity index (χ1v) is 13.8. The minimum absolute atomic E-state index is 0.0255. The summed E-state index contributed by atoms with van der Waals surface area (Å²) in [6.07, 6.45) is 3.46. The third-order valence-electron chi connectivity index (χ3n) is 7.33. The van der Waals surface area contributed by atoms with Gasteiger partial charge in [-0.2, -0.15) is 0 Å². The van der Waals surface area contributed by atoms with E-state index in [1.54, 1.807) is 31.2 Å². The molecule has 0 fully saturated rings. The largest absolute Gasteiger partial charge is 0.347 e. The monoisotopic (exact) mass is 527 g/mol. The highest BCUT2D eigenvalue weighted by Crippen LogP contribution is 2.32. The quantitative estimate of drug-likeness (QED) is 0.249. The van der Waals surface area contributed by atoms with Gasteiger partial charge in [0.2, 0.25) is 5.91 Å². The minimum Gasteiger partial charge on any atom is -0.347 e. The van der Waals surface area contributed by atoms with E-state index in [1.807, 2.05) is 45.0 Å². The fourth-order valence-electron chi connectivity index (χ4n) is 4.71. The second kappa shape index (κ2) is 12.7. The van der Waals surface area contributed by atoms with Gasteiger partial charge in [0, 0.05) is 29.3 Å². The summed E-state index contributed by atoms with van der Waals surface area (Å²) in [6, 6.07) is 22.7. The normalized spacial score (nSPS) is 12.8. The summed E-state index contributed by atoms with van der Waals surface area (Å²) in [5, 5.41) is 9.10. The average Bonchev–Trinajstić information content (AvgIpc) is 2.93. The average molecular weight is 528 g/mol. The smallest absolute Gasteiger partial charge is 0.255 e. The van der Waals surface area contributed by atoms with Crippen LogP contribution in [0.1, 0.15) is 93.5 Å². The maximum absolute atomic E-state index is 12.9. The fourth-order valence-corrected chi connectivity index (χ4v) is 4.71. The Labute approximate surface area is 232 Å². The van der Waals surface area contributed by atoms with Crippen molar-refractivity contribution in [3.05, 3.63) is 89.5 Å². The van der Waals surface area contributed by atoms with Gasteiger partial charge in [-0.1, -0.05) is 69.7 Å². The van der Waals surface area contributed by atoms with Gasteiger partial charge in [0.1, 0.15) is 0 Å². The molecule has 0 saturated heterocycles. The van der Waals surface area contributed by atoms with Crippen LogP contribution in [-0.2, 0) is 10.3 Å². The Morgan fingerprint density at radius 1 is 0.718 bits per heavy atom. The molecule has 1 unspecified atom stereocenters. The van der Waals surface area contributed by atoms with Crippen molar-refractivity contribution in [1.82, 2.24) is 10.6 Å². The molecule has 3 rings (SSSR count). The minimum atomic E-state index is -0.364. The van der Waals surface area contributed by atoms with Crippen molar-refractivity contribution >= 4 is 23.4 Å². The Hall–Kier alpha value is -3.93. The number of carbonyl (C=O) groups is 3. The van der Waals surface area contributed by atoms with Crippen molar-refractivity contribution in [3.8, 4) is 11.1 Å². The molecule has 6 heteroatoms. The summed E-state index contributed by atoms with van der Waals surface area (Å²) in [4.78, 5) is 37.4. The molecule has 3 aromatic rings. The van der Waals surface area contributed by atoms with E-state index in [4.69, 9.17) is 0 Å². The zero-order valence-corrected chi connectivity index (χ0v) is 24.0. The van der Waals surface area contributed by atoms with Crippen LogP contribution < -0.4 is 16.0 Å². The molecule has 3 amide bonds. The Morgan fingerprint density at radius 3 is 1.79 bits per heavy atom. The van der Waals surface area contributed by atoms with Crippen molar-refractivity contribution in [2.45, 2.75) is 78.3 Å². The van der Waals surface area contributed by atoms with E-state index >= 15 is 0 Å². The van der Waals surface area contributed by atoms with E-state index < -0.39 is 0 Å². The molecule has 0 aliphatic carbocycles. The molecular formula is C33H41N3O3. The summed E-state index contributed by atoms with van der Waals surface area (Å²) in [6.45, 7) is 11.7. The lowest BCUT2D eigenvalue weighted by molar-refractivity contribution is -0.121. The number of benzene rings is 3. The second-order valence-corrected chi connectivity index (χ2v) is 10.7. The third-order valence-corrected chi connectivity index (χ3v) is 7.33. The molecule has 0 aliphatic heterocycles. The van der Waals surface area contributed by atoms with Gasteiger partial charge in [-0.05, 0) is 80.1 Å². The van der Waals surface area contributed by atoms with Gasteiger partial charge in [-0.15, -0.1) is 0 Å². The van der Waals surface area contributed by atoms with Crippen LogP contribution in [-0.4, -0.2) is 23.3 Å². The highest BCUT2D eigenvalue weighted by Gasteiger charge is 2.30. The van der Waals surface area contributed by atoms with Crippen LogP contribution in [0, 0.1) is 0 Å². The molecule has 206 valence electrons. The standard InChI is InChI=1S/C33H41N3O3/c1-7-21-33(9-3,35-23(4)37)28-17-13-24(14-18-28)25-15-19-29(20-16-25)34-30(38)26-11-10-12-27(22-26)31(39)36-32(5,6)8-2/h10-20,22H,7-9,21H2,1-6H3,(H,34,38)(H,35,37)(H,36,39). The first-order valence-electron chi connectivity index (χ1n) is 13.8. The maximum atomic E-state index is 12.9. The number of hydrogen-bond donors (Lipinski definition) is 3. The molecular weight excluding hydrogens is 486 g/mol. The molecule has 39 heavy (non-hydrogen) atoms. The number of carbonyl (C=O) groups excluding carboxylic acids is 3. The Kier molecular flexibility index (Phi) is 9.68. The fraction of sp³-hybridized carbons (Fsp3) is 0.364. The highest BCUT2D eigenvalue weighted by atomic mass is 16.2. The first kappa shape index (κ1) is 29.6. The van der Waals surface area contributed by atoms with Gasteiger partial charge in [-0.25, -0.2) is 0 Å². The van der Waals surface area contributed by atoms with E-state index in [-0.39, 0.29) is 28.8 Å². The van der Waals surface area contributed by atoms with Crippen molar-refractivity contribution in [1.29, 1.82) is 0 Å². The molecule has 0 aromatic heterocycles. The van der Waals surface area contributed by atoms with Crippen LogP contribution in [0.2, 0.25) is 0 Å². The Bertz CT molecular complexity index is 1300. The van der Waals surface area contributed by atoms with Crippen LogP contribution in [0.4, 0.5) is 5.69 Å².